The molecule has 12 heavy (non-hydrogen) atoms. The number of aromatic hydroxyl groups is 1. The maximum Gasteiger partial charge on any atom is 0.284 e. The molecular weight excluding hydrogens is 279 g/mol. The molecule has 1 heterocycles. The van der Waals surface area contributed by atoms with Crippen LogP contribution in [0, 0.1) is 10.6 Å². The third-order valence-corrected chi connectivity index (χ3v) is 1.94. The van der Waals surface area contributed by atoms with Crippen molar-refractivity contribution in [2.24, 2.45) is 0 Å². The molecule has 0 unspecified atom stereocenters. The predicted molar refractivity (Wildman–Crippen MR) is 48.3 cm³/mol. The van der Waals surface area contributed by atoms with E-state index in [0.717, 1.165) is 0 Å². The lowest BCUT2D eigenvalue weighted by Gasteiger charge is -2.05. The summed E-state index contributed by atoms with van der Waals surface area (Å²) in [6, 6.07) is 1.54. The van der Waals surface area contributed by atoms with Crippen LogP contribution < -0.4 is 0 Å². The molecule has 2 nitrogen and oxygen atoms in total. The lowest BCUT2D eigenvalue weighted by Crippen LogP contribution is -1.95. The number of hydrogen-bond donors (Lipinski definition) is 1. The summed E-state index contributed by atoms with van der Waals surface area (Å²) < 4.78 is 24.8. The lowest BCUT2D eigenvalue weighted by atomic mass is 10.2. The van der Waals surface area contributed by atoms with Gasteiger partial charge in [0.1, 0.15) is 15.1 Å². The molecule has 1 aromatic heterocycles. The van der Waals surface area contributed by atoms with Gasteiger partial charge in [-0.15, -0.1) is 0 Å². The molecule has 0 saturated carbocycles. The molecule has 0 aliphatic carbocycles. The lowest BCUT2D eigenvalue weighted by molar-refractivity contribution is 0.141. The van der Waals surface area contributed by atoms with E-state index in [4.69, 9.17) is 5.11 Å². The van der Waals surface area contributed by atoms with E-state index in [1.807, 2.05) is 22.6 Å². The maximum atomic E-state index is 12.2. The molecule has 1 N–H and O–H groups in total. The topological polar surface area (TPSA) is 33.1 Å². The number of nitrogens with zero attached hydrogens (tertiary/aromatic N) is 1. The molecule has 0 saturated heterocycles. The van der Waals surface area contributed by atoms with Crippen molar-refractivity contribution in [1.29, 1.82) is 0 Å². The Hall–Kier alpha value is -0.460. The number of alkyl halides is 2. The summed E-state index contributed by atoms with van der Waals surface area (Å²) in [5.41, 5.74) is -0.121. The minimum Gasteiger partial charge on any atom is -0.506 e. The van der Waals surface area contributed by atoms with Crippen molar-refractivity contribution in [2.45, 2.75) is 13.3 Å². The van der Waals surface area contributed by atoms with Crippen molar-refractivity contribution in [1.82, 2.24) is 4.98 Å². The van der Waals surface area contributed by atoms with Crippen LogP contribution in [-0.4, -0.2) is 10.1 Å². The normalized spacial score (nSPS) is 10.8. The quantitative estimate of drug-likeness (QED) is 0.635. The van der Waals surface area contributed by atoms with Crippen molar-refractivity contribution >= 4 is 22.6 Å². The van der Waals surface area contributed by atoms with Gasteiger partial charge in [0.05, 0.1) is 0 Å². The fourth-order valence-corrected chi connectivity index (χ4v) is 1.53. The zero-order valence-electron chi connectivity index (χ0n) is 6.18. The van der Waals surface area contributed by atoms with Gasteiger partial charge in [-0.2, -0.15) is 0 Å². The van der Waals surface area contributed by atoms with Gasteiger partial charge in [-0.3, -0.25) is 0 Å². The minimum atomic E-state index is -2.72. The van der Waals surface area contributed by atoms with E-state index in [1.165, 1.54) is 0 Å². The van der Waals surface area contributed by atoms with Gasteiger partial charge >= 0.3 is 0 Å². The highest BCUT2D eigenvalue weighted by Crippen LogP contribution is 2.29. The summed E-state index contributed by atoms with van der Waals surface area (Å²) in [4.78, 5) is 3.52. The van der Waals surface area contributed by atoms with Crippen LogP contribution in [0.2, 0.25) is 0 Å². The monoisotopic (exact) mass is 285 g/mol. The highest BCUT2D eigenvalue weighted by Gasteiger charge is 2.16. The van der Waals surface area contributed by atoms with Gasteiger partial charge in [-0.1, -0.05) is 0 Å². The van der Waals surface area contributed by atoms with Crippen LogP contribution in [0.3, 0.4) is 0 Å². The number of hydrogen-bond acceptors (Lipinski definition) is 2. The SMILES string of the molecule is Cc1cc(I)nc(C(F)F)c1O. The number of rotatable bonds is 1. The summed E-state index contributed by atoms with van der Waals surface area (Å²) in [5.74, 6) is -0.412. The highest BCUT2D eigenvalue weighted by atomic mass is 127. The highest BCUT2D eigenvalue weighted by molar-refractivity contribution is 14.1. The van der Waals surface area contributed by atoms with Gasteiger partial charge < -0.3 is 5.11 Å². The Bertz CT molecular complexity index is 304. The van der Waals surface area contributed by atoms with E-state index in [0.29, 0.717) is 9.26 Å². The standard InChI is InChI=1S/C7H6F2INO/c1-3-2-4(10)11-5(6(3)12)7(8)9/h2,7,12H,1H3. The molecule has 1 rings (SSSR count). The number of aromatic nitrogens is 1. The smallest absolute Gasteiger partial charge is 0.284 e. The van der Waals surface area contributed by atoms with Gasteiger partial charge in [0.25, 0.3) is 6.43 Å². The van der Waals surface area contributed by atoms with E-state index in [-0.39, 0.29) is 0 Å². The summed E-state index contributed by atoms with van der Waals surface area (Å²) in [6.45, 7) is 1.56. The first-order valence-corrected chi connectivity index (χ1v) is 4.24. The summed E-state index contributed by atoms with van der Waals surface area (Å²) in [6.07, 6.45) is -2.72. The first-order chi connectivity index (χ1) is 5.52. The fourth-order valence-electron chi connectivity index (χ4n) is 0.801. The Morgan fingerprint density at radius 1 is 1.58 bits per heavy atom. The van der Waals surface area contributed by atoms with E-state index >= 15 is 0 Å². The Morgan fingerprint density at radius 2 is 2.17 bits per heavy atom. The van der Waals surface area contributed by atoms with Crippen LogP contribution in [0.4, 0.5) is 8.78 Å². The fraction of sp³-hybridized carbons (Fsp3) is 0.286. The molecule has 0 fully saturated rings. The number of pyridine rings is 1. The third-order valence-electron chi connectivity index (χ3n) is 1.39. The number of aryl methyl sites for hydroxylation is 1. The van der Waals surface area contributed by atoms with E-state index < -0.39 is 17.9 Å². The molecule has 5 heteroatoms. The van der Waals surface area contributed by atoms with Gasteiger partial charge in [0.15, 0.2) is 0 Å². The Labute approximate surface area is 81.8 Å². The molecule has 66 valence electrons. The molecule has 0 spiro atoms. The van der Waals surface area contributed by atoms with Gasteiger partial charge in [0.2, 0.25) is 0 Å². The molecule has 0 aliphatic rings. The van der Waals surface area contributed by atoms with Crippen LogP contribution >= 0.6 is 22.6 Å². The summed E-state index contributed by atoms with van der Waals surface area (Å²) in [5, 5.41) is 9.15. The Morgan fingerprint density at radius 3 is 2.67 bits per heavy atom. The molecule has 0 bridgehead atoms. The van der Waals surface area contributed by atoms with Crippen LogP contribution in [0.25, 0.3) is 0 Å². The first-order valence-electron chi connectivity index (χ1n) is 3.16. The van der Waals surface area contributed by atoms with Crippen molar-refractivity contribution in [3.05, 3.63) is 21.0 Å². The Kier molecular flexibility index (Phi) is 2.81. The molecule has 0 atom stereocenters. The Balaban J connectivity index is 3.28. The van der Waals surface area contributed by atoms with Crippen LogP contribution in [0.15, 0.2) is 6.07 Å². The second-order valence-corrected chi connectivity index (χ2v) is 3.40. The van der Waals surface area contributed by atoms with E-state index in [2.05, 4.69) is 4.98 Å². The molecule has 1 aromatic rings. The summed E-state index contributed by atoms with van der Waals surface area (Å²) in [7, 11) is 0. The van der Waals surface area contributed by atoms with Crippen LogP contribution in [0.1, 0.15) is 17.7 Å². The second-order valence-electron chi connectivity index (χ2n) is 2.30. The molecular formula is C7H6F2INO. The molecule has 0 radical (unpaired) electrons. The van der Waals surface area contributed by atoms with E-state index in [1.54, 1.807) is 13.0 Å². The van der Waals surface area contributed by atoms with Gasteiger partial charge in [0, 0.05) is 0 Å². The third kappa shape index (κ3) is 1.82. The first kappa shape index (κ1) is 9.63. The van der Waals surface area contributed by atoms with Crippen molar-refractivity contribution in [2.75, 3.05) is 0 Å². The van der Waals surface area contributed by atoms with Crippen molar-refractivity contribution < 1.29 is 13.9 Å². The van der Waals surface area contributed by atoms with Gasteiger partial charge in [-0.05, 0) is 41.1 Å². The van der Waals surface area contributed by atoms with E-state index in [9.17, 15) is 8.78 Å². The van der Waals surface area contributed by atoms with Crippen LogP contribution in [0.5, 0.6) is 5.75 Å². The zero-order chi connectivity index (χ0) is 9.30. The molecule has 0 amide bonds. The van der Waals surface area contributed by atoms with Gasteiger partial charge in [-0.25, -0.2) is 13.8 Å². The average Bonchev–Trinajstić information content (AvgIpc) is 1.96. The number of halogens is 3. The zero-order valence-corrected chi connectivity index (χ0v) is 8.34. The van der Waals surface area contributed by atoms with Crippen LogP contribution in [-0.2, 0) is 0 Å². The van der Waals surface area contributed by atoms with Crippen molar-refractivity contribution in [3.63, 3.8) is 0 Å². The summed E-state index contributed by atoms with van der Waals surface area (Å²) >= 11 is 1.83. The largest absolute Gasteiger partial charge is 0.506 e. The second kappa shape index (κ2) is 3.51. The average molecular weight is 285 g/mol. The molecule has 0 aromatic carbocycles. The molecule has 0 aliphatic heterocycles. The predicted octanol–water partition coefficient (Wildman–Crippen LogP) is 2.64. The van der Waals surface area contributed by atoms with Crippen molar-refractivity contribution in [3.8, 4) is 5.75 Å². The minimum absolute atomic E-state index is 0.412. The maximum absolute atomic E-state index is 12.2.